The first-order chi connectivity index (χ1) is 9.17. The van der Waals surface area contributed by atoms with Crippen molar-refractivity contribution in [1.82, 2.24) is 4.90 Å². The summed E-state index contributed by atoms with van der Waals surface area (Å²) in [6, 6.07) is 7.90. The fraction of sp³-hybridized carbons (Fsp3) is 0.533. The summed E-state index contributed by atoms with van der Waals surface area (Å²) in [4.78, 5) is 13.8. The average molecular weight is 262 g/mol. The lowest BCUT2D eigenvalue weighted by atomic mass is 9.90. The molecule has 4 heteroatoms. The predicted octanol–water partition coefficient (Wildman–Crippen LogP) is 2.10. The van der Waals surface area contributed by atoms with E-state index in [-0.39, 0.29) is 18.0 Å². The van der Waals surface area contributed by atoms with E-state index in [1.165, 1.54) is 0 Å². The number of benzene rings is 1. The van der Waals surface area contributed by atoms with Crippen LogP contribution in [0.4, 0.5) is 0 Å². The van der Waals surface area contributed by atoms with Crippen LogP contribution in [-0.2, 0) is 4.79 Å². The van der Waals surface area contributed by atoms with Crippen molar-refractivity contribution >= 4 is 5.91 Å². The summed E-state index contributed by atoms with van der Waals surface area (Å²) in [5, 5.41) is 0. The molecule has 1 heterocycles. The highest BCUT2D eigenvalue weighted by molar-refractivity contribution is 5.77. The van der Waals surface area contributed by atoms with Crippen molar-refractivity contribution in [2.24, 2.45) is 5.73 Å². The first kappa shape index (κ1) is 13.9. The Bertz CT molecular complexity index is 430. The van der Waals surface area contributed by atoms with Crippen LogP contribution in [-0.4, -0.2) is 30.0 Å². The second-order valence-corrected chi connectivity index (χ2v) is 4.83. The highest BCUT2D eigenvalue weighted by Gasteiger charge is 2.33. The maximum Gasteiger partial charge on any atom is 0.223 e. The average Bonchev–Trinajstić information content (AvgIpc) is 2.42. The van der Waals surface area contributed by atoms with E-state index in [0.717, 1.165) is 17.7 Å². The zero-order valence-corrected chi connectivity index (χ0v) is 11.6. The molecule has 1 saturated heterocycles. The summed E-state index contributed by atoms with van der Waals surface area (Å²) in [5.74, 6) is 1.05. The number of nitrogens with two attached hydrogens (primary N) is 1. The molecule has 0 bridgehead atoms. The molecule has 0 radical (unpaired) electrons. The predicted molar refractivity (Wildman–Crippen MR) is 74.9 cm³/mol. The van der Waals surface area contributed by atoms with Crippen molar-refractivity contribution in [3.63, 3.8) is 0 Å². The van der Waals surface area contributed by atoms with Crippen LogP contribution in [0.3, 0.4) is 0 Å². The fourth-order valence-electron chi connectivity index (χ4n) is 2.71. The molecule has 1 amide bonds. The lowest BCUT2D eigenvalue weighted by Gasteiger charge is -2.39. The number of piperidine rings is 1. The molecule has 104 valence electrons. The van der Waals surface area contributed by atoms with Crippen LogP contribution in [0, 0.1) is 0 Å². The molecule has 1 aromatic carbocycles. The van der Waals surface area contributed by atoms with Gasteiger partial charge < -0.3 is 15.4 Å². The minimum Gasteiger partial charge on any atom is -0.494 e. The number of ether oxygens (including phenoxy) is 1. The number of rotatable bonds is 4. The second kappa shape index (κ2) is 6.06. The SMILES string of the molecule is CCOc1ccc(C2C(N)CCC(=O)N2CC)cc1. The Morgan fingerprint density at radius 2 is 2.00 bits per heavy atom. The first-order valence-electron chi connectivity index (χ1n) is 6.95. The lowest BCUT2D eigenvalue weighted by molar-refractivity contribution is -0.137. The minimum absolute atomic E-state index is 0.00981. The molecule has 2 atom stereocenters. The number of hydrogen-bond donors (Lipinski definition) is 1. The first-order valence-corrected chi connectivity index (χ1v) is 6.95. The Kier molecular flexibility index (Phi) is 4.43. The van der Waals surface area contributed by atoms with Gasteiger partial charge in [-0.25, -0.2) is 0 Å². The molecule has 19 heavy (non-hydrogen) atoms. The van der Waals surface area contributed by atoms with Crippen molar-refractivity contribution in [2.45, 2.75) is 38.8 Å². The Balaban J connectivity index is 2.23. The topological polar surface area (TPSA) is 55.6 Å². The zero-order chi connectivity index (χ0) is 13.8. The number of likely N-dealkylation sites (tertiary alicyclic amines) is 1. The van der Waals surface area contributed by atoms with Gasteiger partial charge in [-0.05, 0) is 38.0 Å². The Labute approximate surface area is 114 Å². The van der Waals surface area contributed by atoms with Gasteiger partial charge in [0, 0.05) is 19.0 Å². The minimum atomic E-state index is -0.0121. The molecular weight excluding hydrogens is 240 g/mol. The standard InChI is InChI=1S/C15H22N2O2/c1-3-17-14(18)10-9-13(16)15(17)11-5-7-12(8-6-11)19-4-2/h5-8,13,15H,3-4,9-10,16H2,1-2H3. The van der Waals surface area contributed by atoms with E-state index in [1.54, 1.807) is 0 Å². The van der Waals surface area contributed by atoms with Gasteiger partial charge in [-0.2, -0.15) is 0 Å². The molecule has 2 rings (SSSR count). The Morgan fingerprint density at radius 1 is 1.32 bits per heavy atom. The quantitative estimate of drug-likeness (QED) is 0.904. The molecule has 1 aliphatic heterocycles. The maximum atomic E-state index is 12.0. The molecule has 0 saturated carbocycles. The summed E-state index contributed by atoms with van der Waals surface area (Å²) in [6.45, 7) is 5.31. The highest BCUT2D eigenvalue weighted by atomic mass is 16.5. The van der Waals surface area contributed by atoms with E-state index in [0.29, 0.717) is 19.6 Å². The van der Waals surface area contributed by atoms with Crippen molar-refractivity contribution in [3.8, 4) is 5.75 Å². The van der Waals surface area contributed by atoms with Gasteiger partial charge in [0.2, 0.25) is 5.91 Å². The molecule has 1 aromatic rings. The number of hydrogen-bond acceptors (Lipinski definition) is 3. The molecule has 1 fully saturated rings. The summed E-state index contributed by atoms with van der Waals surface area (Å²) >= 11 is 0. The largest absolute Gasteiger partial charge is 0.494 e. The molecule has 4 nitrogen and oxygen atoms in total. The van der Waals surface area contributed by atoms with Gasteiger partial charge in [-0.3, -0.25) is 4.79 Å². The van der Waals surface area contributed by atoms with Crippen LogP contribution in [0.1, 0.15) is 38.3 Å². The summed E-state index contributed by atoms with van der Waals surface area (Å²) in [6.07, 6.45) is 1.32. The number of likely N-dealkylation sites (N-methyl/N-ethyl adjacent to an activating group) is 1. The van der Waals surface area contributed by atoms with E-state index < -0.39 is 0 Å². The van der Waals surface area contributed by atoms with Crippen molar-refractivity contribution in [2.75, 3.05) is 13.2 Å². The van der Waals surface area contributed by atoms with Crippen molar-refractivity contribution in [1.29, 1.82) is 0 Å². The highest BCUT2D eigenvalue weighted by Crippen LogP contribution is 2.31. The fourth-order valence-corrected chi connectivity index (χ4v) is 2.71. The summed E-state index contributed by atoms with van der Waals surface area (Å²) in [5.41, 5.74) is 7.30. The van der Waals surface area contributed by atoms with Crippen LogP contribution in [0.25, 0.3) is 0 Å². The van der Waals surface area contributed by atoms with Crippen LogP contribution < -0.4 is 10.5 Å². The summed E-state index contributed by atoms with van der Waals surface area (Å²) in [7, 11) is 0. The van der Waals surface area contributed by atoms with Crippen molar-refractivity contribution < 1.29 is 9.53 Å². The number of amides is 1. The van der Waals surface area contributed by atoms with Gasteiger partial charge in [0.15, 0.2) is 0 Å². The molecular formula is C15H22N2O2. The number of carbonyl (C=O) groups is 1. The molecule has 2 N–H and O–H groups in total. The van der Waals surface area contributed by atoms with Gasteiger partial charge in [0.1, 0.15) is 5.75 Å². The van der Waals surface area contributed by atoms with Crippen LogP contribution in [0.2, 0.25) is 0 Å². The molecule has 2 unspecified atom stereocenters. The van der Waals surface area contributed by atoms with E-state index in [2.05, 4.69) is 0 Å². The monoisotopic (exact) mass is 262 g/mol. The molecule has 0 aliphatic carbocycles. The molecule has 0 aromatic heterocycles. The van der Waals surface area contributed by atoms with Crippen LogP contribution in [0.15, 0.2) is 24.3 Å². The second-order valence-electron chi connectivity index (χ2n) is 4.83. The third-order valence-electron chi connectivity index (χ3n) is 3.63. The maximum absolute atomic E-state index is 12.0. The van der Waals surface area contributed by atoms with E-state index >= 15 is 0 Å². The third-order valence-corrected chi connectivity index (χ3v) is 3.63. The Morgan fingerprint density at radius 3 is 2.58 bits per heavy atom. The van der Waals surface area contributed by atoms with E-state index in [9.17, 15) is 4.79 Å². The lowest BCUT2D eigenvalue weighted by Crippen LogP contribution is -2.48. The van der Waals surface area contributed by atoms with Gasteiger partial charge in [-0.15, -0.1) is 0 Å². The van der Waals surface area contributed by atoms with Crippen LogP contribution >= 0.6 is 0 Å². The summed E-state index contributed by atoms with van der Waals surface area (Å²) < 4.78 is 5.44. The molecule has 1 aliphatic rings. The van der Waals surface area contributed by atoms with Gasteiger partial charge in [-0.1, -0.05) is 12.1 Å². The third kappa shape index (κ3) is 2.89. The molecule has 0 spiro atoms. The van der Waals surface area contributed by atoms with E-state index in [1.807, 2.05) is 43.0 Å². The van der Waals surface area contributed by atoms with Crippen LogP contribution in [0.5, 0.6) is 5.75 Å². The smallest absolute Gasteiger partial charge is 0.223 e. The number of carbonyl (C=O) groups excluding carboxylic acids is 1. The Hall–Kier alpha value is -1.55. The van der Waals surface area contributed by atoms with E-state index in [4.69, 9.17) is 10.5 Å². The van der Waals surface area contributed by atoms with Gasteiger partial charge in [0.25, 0.3) is 0 Å². The van der Waals surface area contributed by atoms with Gasteiger partial charge >= 0.3 is 0 Å². The number of nitrogens with zero attached hydrogens (tertiary/aromatic N) is 1. The zero-order valence-electron chi connectivity index (χ0n) is 11.6. The van der Waals surface area contributed by atoms with Crippen molar-refractivity contribution in [3.05, 3.63) is 29.8 Å². The normalized spacial score (nSPS) is 23.5. The van der Waals surface area contributed by atoms with Gasteiger partial charge in [0.05, 0.1) is 12.6 Å².